The smallest absolute Gasteiger partial charge is 0.126 e. The third kappa shape index (κ3) is 5.46. The maximum Gasteiger partial charge on any atom is 0.126 e. The number of hydrogen-bond donors (Lipinski definition) is 0. The lowest BCUT2D eigenvalue weighted by Gasteiger charge is -2.38. The van der Waals surface area contributed by atoms with E-state index in [1.165, 1.54) is 22.3 Å². The summed E-state index contributed by atoms with van der Waals surface area (Å²) in [6, 6.07) is 16.9. The number of aryl methyl sites for hydroxylation is 2. The maximum atomic E-state index is 6.38. The Hall–Kier alpha value is -1.64. The molecule has 0 fully saturated rings. The van der Waals surface area contributed by atoms with Crippen LogP contribution in [0.1, 0.15) is 76.6 Å². The van der Waals surface area contributed by atoms with Crippen LogP contribution in [0.25, 0.3) is 0 Å². The highest BCUT2D eigenvalue weighted by molar-refractivity contribution is 5.32. The van der Waals surface area contributed by atoms with Crippen LogP contribution in [0.15, 0.2) is 48.5 Å². The zero-order chi connectivity index (χ0) is 20.9. The largest absolute Gasteiger partial charge is 0.225 e. The normalized spacial score (nSPS) is 16.2. The van der Waals surface area contributed by atoms with E-state index in [-0.39, 0.29) is 0 Å². The zero-order valence-electron chi connectivity index (χ0n) is 19.0. The highest BCUT2D eigenvalue weighted by Gasteiger charge is 2.38. The van der Waals surface area contributed by atoms with E-state index in [9.17, 15) is 0 Å². The lowest BCUT2D eigenvalue weighted by atomic mass is 9.84. The molecule has 0 aromatic heterocycles. The Morgan fingerprint density at radius 2 is 0.964 bits per heavy atom. The summed E-state index contributed by atoms with van der Waals surface area (Å²) in [5, 5.41) is 0. The highest BCUT2D eigenvalue weighted by atomic mass is 17.2. The van der Waals surface area contributed by atoms with Crippen molar-refractivity contribution in [1.29, 1.82) is 0 Å². The molecule has 0 spiro atoms. The van der Waals surface area contributed by atoms with Crippen LogP contribution in [0.5, 0.6) is 0 Å². The molecule has 2 nitrogen and oxygen atoms in total. The zero-order valence-corrected chi connectivity index (χ0v) is 19.0. The molecule has 0 aliphatic carbocycles. The van der Waals surface area contributed by atoms with Gasteiger partial charge in [-0.3, -0.25) is 0 Å². The molecule has 0 saturated carbocycles. The molecule has 0 N–H and O–H groups in total. The Labute approximate surface area is 172 Å². The molecule has 28 heavy (non-hydrogen) atoms. The lowest BCUT2D eigenvalue weighted by molar-refractivity contribution is -0.422. The van der Waals surface area contributed by atoms with E-state index in [1.54, 1.807) is 0 Å². The maximum absolute atomic E-state index is 6.38. The van der Waals surface area contributed by atoms with Crippen LogP contribution >= 0.6 is 0 Å². The molecule has 2 rings (SSSR count). The first-order valence-electron chi connectivity index (χ1n) is 10.6. The third-order valence-electron chi connectivity index (χ3n) is 5.43. The number of benzene rings is 2. The van der Waals surface area contributed by atoms with Gasteiger partial charge >= 0.3 is 0 Å². The number of hydrogen-bond acceptors (Lipinski definition) is 2. The van der Waals surface area contributed by atoms with Gasteiger partial charge in [-0.1, -0.05) is 76.2 Å². The molecule has 154 valence electrons. The van der Waals surface area contributed by atoms with E-state index in [4.69, 9.17) is 9.78 Å². The summed E-state index contributed by atoms with van der Waals surface area (Å²) < 4.78 is 0. The van der Waals surface area contributed by atoms with Gasteiger partial charge in [-0.2, -0.15) is 0 Å². The Bertz CT molecular complexity index is 699. The van der Waals surface area contributed by atoms with Gasteiger partial charge in [0.2, 0.25) is 0 Å². The fourth-order valence-corrected chi connectivity index (χ4v) is 4.45. The monoisotopic (exact) mass is 382 g/mol. The first-order chi connectivity index (χ1) is 13.1. The van der Waals surface area contributed by atoms with Gasteiger partial charge < -0.3 is 0 Å². The van der Waals surface area contributed by atoms with Crippen molar-refractivity contribution in [3.63, 3.8) is 0 Å². The molecule has 0 aliphatic rings. The van der Waals surface area contributed by atoms with Gasteiger partial charge in [0, 0.05) is 0 Å². The highest BCUT2D eigenvalue weighted by Crippen LogP contribution is 2.40. The second-order valence-electron chi connectivity index (χ2n) is 9.45. The molecular formula is C26H38O2. The van der Waals surface area contributed by atoms with E-state index in [0.29, 0.717) is 11.8 Å². The average molecular weight is 383 g/mol. The predicted molar refractivity (Wildman–Crippen MR) is 118 cm³/mol. The molecule has 2 atom stereocenters. The van der Waals surface area contributed by atoms with Gasteiger partial charge in [-0.05, 0) is 74.6 Å². The summed E-state index contributed by atoms with van der Waals surface area (Å²) in [7, 11) is 0. The molecule has 0 saturated heterocycles. The fourth-order valence-electron chi connectivity index (χ4n) is 4.45. The van der Waals surface area contributed by atoms with Gasteiger partial charge in [-0.15, -0.1) is 0 Å². The van der Waals surface area contributed by atoms with Crippen molar-refractivity contribution in [2.24, 2.45) is 11.8 Å². The van der Waals surface area contributed by atoms with Gasteiger partial charge in [0.25, 0.3) is 0 Å². The second-order valence-corrected chi connectivity index (χ2v) is 9.45. The van der Waals surface area contributed by atoms with Crippen molar-refractivity contribution >= 4 is 0 Å². The van der Waals surface area contributed by atoms with Crippen LogP contribution in [0.2, 0.25) is 0 Å². The number of rotatable bonds is 9. The lowest BCUT2D eigenvalue weighted by Crippen LogP contribution is -2.36. The molecule has 2 aromatic carbocycles. The Morgan fingerprint density at radius 1 is 0.643 bits per heavy atom. The van der Waals surface area contributed by atoms with Crippen LogP contribution in [0.4, 0.5) is 0 Å². The van der Waals surface area contributed by atoms with E-state index in [1.807, 2.05) is 0 Å². The summed E-state index contributed by atoms with van der Waals surface area (Å²) in [6.45, 7) is 17.5. The second kappa shape index (κ2) is 9.24. The fraction of sp³-hybridized carbons (Fsp3) is 0.538. The van der Waals surface area contributed by atoms with Crippen LogP contribution in [-0.4, -0.2) is 0 Å². The molecule has 0 aliphatic heterocycles. The molecule has 0 amide bonds. The summed E-state index contributed by atoms with van der Waals surface area (Å²) in [5.41, 5.74) is 3.85. The van der Waals surface area contributed by atoms with E-state index < -0.39 is 11.2 Å². The van der Waals surface area contributed by atoms with Gasteiger partial charge in [-0.25, -0.2) is 9.78 Å². The minimum absolute atomic E-state index is 0.489. The summed E-state index contributed by atoms with van der Waals surface area (Å²) >= 11 is 0. The van der Waals surface area contributed by atoms with E-state index in [2.05, 4.69) is 104 Å². The SMILES string of the molecule is Cc1ccccc1C(C)(CC(C)C)OOC(C)(CC(C)C)c1ccccc1C. The predicted octanol–water partition coefficient (Wildman–Crippen LogP) is 7.47. The molecule has 0 radical (unpaired) electrons. The van der Waals surface area contributed by atoms with Crippen LogP contribution < -0.4 is 0 Å². The van der Waals surface area contributed by atoms with E-state index in [0.717, 1.165) is 12.8 Å². The van der Waals surface area contributed by atoms with Crippen molar-refractivity contribution < 1.29 is 9.78 Å². The van der Waals surface area contributed by atoms with Crippen molar-refractivity contribution in [3.8, 4) is 0 Å². The molecular weight excluding hydrogens is 344 g/mol. The van der Waals surface area contributed by atoms with Crippen LogP contribution in [-0.2, 0) is 21.0 Å². The molecule has 2 heteroatoms. The quantitative estimate of drug-likeness (QED) is 0.331. The van der Waals surface area contributed by atoms with Gasteiger partial charge in [0.1, 0.15) is 11.2 Å². The van der Waals surface area contributed by atoms with Crippen molar-refractivity contribution in [1.82, 2.24) is 0 Å². The summed E-state index contributed by atoms with van der Waals surface area (Å²) in [6.07, 6.45) is 1.78. The standard InChI is InChI=1S/C26H38O2/c1-19(2)17-25(7,23-15-11-9-13-21(23)5)27-28-26(8,18-20(3)4)24-16-12-10-14-22(24)6/h9-16,19-20H,17-18H2,1-8H3. The summed E-state index contributed by atoms with van der Waals surface area (Å²) in [5.74, 6) is 0.978. The first-order valence-corrected chi connectivity index (χ1v) is 10.6. The molecule has 0 heterocycles. The van der Waals surface area contributed by atoms with Crippen molar-refractivity contribution in [2.45, 2.75) is 79.4 Å². The minimum Gasteiger partial charge on any atom is -0.225 e. The van der Waals surface area contributed by atoms with E-state index >= 15 is 0 Å². The van der Waals surface area contributed by atoms with Crippen molar-refractivity contribution in [3.05, 3.63) is 70.8 Å². The van der Waals surface area contributed by atoms with Crippen molar-refractivity contribution in [2.75, 3.05) is 0 Å². The molecule has 2 aromatic rings. The molecule has 2 unspecified atom stereocenters. The Morgan fingerprint density at radius 3 is 1.25 bits per heavy atom. The molecule has 0 bridgehead atoms. The minimum atomic E-state index is -0.500. The Balaban J connectivity index is 2.39. The topological polar surface area (TPSA) is 18.5 Å². The van der Waals surface area contributed by atoms with Crippen LogP contribution in [0.3, 0.4) is 0 Å². The summed E-state index contributed by atoms with van der Waals surface area (Å²) in [4.78, 5) is 12.8. The first kappa shape index (κ1) is 22.6. The average Bonchev–Trinajstić information content (AvgIpc) is 2.59. The van der Waals surface area contributed by atoms with Crippen LogP contribution in [0, 0.1) is 25.7 Å². The van der Waals surface area contributed by atoms with Gasteiger partial charge in [0.15, 0.2) is 0 Å². The van der Waals surface area contributed by atoms with Gasteiger partial charge in [0.05, 0.1) is 0 Å². The third-order valence-corrected chi connectivity index (χ3v) is 5.43. The Kier molecular flexibility index (Phi) is 7.47.